The smallest absolute Gasteiger partial charge is 0.411 e. The molecule has 2 aromatic rings. The van der Waals surface area contributed by atoms with Gasteiger partial charge in [0.1, 0.15) is 12.1 Å². The highest BCUT2D eigenvalue weighted by atomic mass is 16.5. The number of nitrogens with zero attached hydrogens (tertiary/aromatic N) is 2. The second kappa shape index (κ2) is 5.81. The fourth-order valence-electron chi connectivity index (χ4n) is 1.48. The average Bonchev–Trinajstić information content (AvgIpc) is 2.41. The molecule has 19 heavy (non-hydrogen) atoms. The molecule has 0 aliphatic rings. The van der Waals surface area contributed by atoms with E-state index in [1.165, 1.54) is 13.4 Å². The summed E-state index contributed by atoms with van der Waals surface area (Å²) in [5, 5.41) is 5.72. The molecule has 98 valence electrons. The maximum Gasteiger partial charge on any atom is 0.411 e. The van der Waals surface area contributed by atoms with Gasteiger partial charge in [0.05, 0.1) is 7.11 Å². The highest BCUT2D eigenvalue weighted by Gasteiger charge is 2.01. The number of hydrogen-bond acceptors (Lipinski definition) is 5. The van der Waals surface area contributed by atoms with Crippen LogP contribution in [0.3, 0.4) is 0 Å². The third kappa shape index (κ3) is 3.67. The monoisotopic (exact) mass is 258 g/mol. The number of hydrogen-bond donors (Lipinski definition) is 2. The van der Waals surface area contributed by atoms with E-state index >= 15 is 0 Å². The van der Waals surface area contributed by atoms with E-state index in [1.54, 1.807) is 12.1 Å². The number of amides is 1. The number of ether oxygens (including phenoxy) is 1. The van der Waals surface area contributed by atoms with Crippen LogP contribution in [0.4, 0.5) is 22.0 Å². The molecule has 0 saturated carbocycles. The minimum absolute atomic E-state index is 0.493. The van der Waals surface area contributed by atoms with E-state index in [4.69, 9.17) is 0 Å². The van der Waals surface area contributed by atoms with Gasteiger partial charge in [-0.3, -0.25) is 5.32 Å². The van der Waals surface area contributed by atoms with Gasteiger partial charge in [0.25, 0.3) is 0 Å². The standard InChI is InChI=1S/C13H14N4O2/c1-9-7-12(15-8-14-9)16-10-3-5-11(6-4-10)17-13(18)19-2/h3-8H,1-2H3,(H,17,18)(H,14,15,16). The Morgan fingerprint density at radius 3 is 2.47 bits per heavy atom. The summed E-state index contributed by atoms with van der Waals surface area (Å²) < 4.78 is 4.51. The first kappa shape index (κ1) is 12.8. The Bertz CT molecular complexity index is 569. The molecule has 1 aromatic heterocycles. The topological polar surface area (TPSA) is 76.1 Å². The van der Waals surface area contributed by atoms with E-state index in [1.807, 2.05) is 25.1 Å². The van der Waals surface area contributed by atoms with Gasteiger partial charge >= 0.3 is 6.09 Å². The molecular weight excluding hydrogens is 244 g/mol. The average molecular weight is 258 g/mol. The molecule has 0 aliphatic carbocycles. The first-order valence-electron chi connectivity index (χ1n) is 5.68. The Balaban J connectivity index is 2.04. The molecule has 6 nitrogen and oxygen atoms in total. The highest BCUT2D eigenvalue weighted by molar-refractivity contribution is 5.84. The number of carbonyl (C=O) groups excluding carboxylic acids is 1. The number of aryl methyl sites for hydroxylation is 1. The van der Waals surface area contributed by atoms with Crippen molar-refractivity contribution in [2.24, 2.45) is 0 Å². The first-order valence-corrected chi connectivity index (χ1v) is 5.68. The summed E-state index contributed by atoms with van der Waals surface area (Å²) in [6.45, 7) is 1.90. The number of benzene rings is 1. The third-order valence-corrected chi connectivity index (χ3v) is 2.39. The van der Waals surface area contributed by atoms with E-state index in [-0.39, 0.29) is 0 Å². The van der Waals surface area contributed by atoms with Crippen molar-refractivity contribution in [3.8, 4) is 0 Å². The van der Waals surface area contributed by atoms with Gasteiger partial charge in [-0.05, 0) is 31.2 Å². The van der Waals surface area contributed by atoms with Crippen LogP contribution in [0.2, 0.25) is 0 Å². The van der Waals surface area contributed by atoms with Gasteiger partial charge in [-0.1, -0.05) is 0 Å². The maximum absolute atomic E-state index is 11.0. The van der Waals surface area contributed by atoms with E-state index in [0.717, 1.165) is 17.2 Å². The quantitative estimate of drug-likeness (QED) is 0.885. The zero-order valence-electron chi connectivity index (χ0n) is 10.7. The molecule has 1 aromatic carbocycles. The van der Waals surface area contributed by atoms with Crippen molar-refractivity contribution in [1.82, 2.24) is 9.97 Å². The lowest BCUT2D eigenvalue weighted by atomic mass is 10.3. The van der Waals surface area contributed by atoms with Crippen LogP contribution in [0.15, 0.2) is 36.7 Å². The molecule has 2 rings (SSSR count). The first-order chi connectivity index (χ1) is 9.17. The lowest BCUT2D eigenvalue weighted by molar-refractivity contribution is 0.187. The molecule has 0 unspecified atom stereocenters. The van der Waals surface area contributed by atoms with Gasteiger partial charge in [-0.25, -0.2) is 14.8 Å². The van der Waals surface area contributed by atoms with Gasteiger partial charge in [0.2, 0.25) is 0 Å². The predicted molar refractivity (Wildman–Crippen MR) is 72.5 cm³/mol. The third-order valence-electron chi connectivity index (χ3n) is 2.39. The second-order valence-electron chi connectivity index (χ2n) is 3.86. The Kier molecular flexibility index (Phi) is 3.92. The normalized spacial score (nSPS) is 9.79. The largest absolute Gasteiger partial charge is 0.453 e. The maximum atomic E-state index is 11.0. The van der Waals surface area contributed by atoms with Gasteiger partial charge in [-0.15, -0.1) is 0 Å². The van der Waals surface area contributed by atoms with Gasteiger partial charge in [0.15, 0.2) is 0 Å². The van der Waals surface area contributed by atoms with Crippen LogP contribution in [-0.2, 0) is 4.74 Å². The Labute approximate surface area is 110 Å². The van der Waals surface area contributed by atoms with Crippen molar-refractivity contribution >= 4 is 23.3 Å². The molecule has 0 aliphatic heterocycles. The summed E-state index contributed by atoms with van der Waals surface area (Å²) in [6.07, 6.45) is 1.01. The van der Waals surface area contributed by atoms with E-state index in [2.05, 4.69) is 25.3 Å². The van der Waals surface area contributed by atoms with Crippen LogP contribution in [0, 0.1) is 6.92 Å². The molecular formula is C13H14N4O2. The molecule has 1 heterocycles. The Hall–Kier alpha value is -2.63. The van der Waals surface area contributed by atoms with Crippen molar-refractivity contribution in [2.45, 2.75) is 6.92 Å². The SMILES string of the molecule is COC(=O)Nc1ccc(Nc2cc(C)ncn2)cc1. The second-order valence-corrected chi connectivity index (χ2v) is 3.86. The van der Waals surface area contributed by atoms with Crippen LogP contribution in [0.1, 0.15) is 5.69 Å². The lowest BCUT2D eigenvalue weighted by Crippen LogP contribution is -2.10. The van der Waals surface area contributed by atoms with Crippen LogP contribution in [0.25, 0.3) is 0 Å². The number of carbonyl (C=O) groups is 1. The van der Waals surface area contributed by atoms with Crippen molar-refractivity contribution in [2.75, 3.05) is 17.7 Å². The molecule has 0 fully saturated rings. The minimum atomic E-state index is -0.493. The molecule has 0 radical (unpaired) electrons. The van der Waals surface area contributed by atoms with Crippen molar-refractivity contribution in [3.63, 3.8) is 0 Å². The number of nitrogens with one attached hydrogen (secondary N) is 2. The Morgan fingerprint density at radius 2 is 1.84 bits per heavy atom. The van der Waals surface area contributed by atoms with E-state index < -0.39 is 6.09 Å². The predicted octanol–water partition coefficient (Wildman–Crippen LogP) is 2.71. The fraction of sp³-hybridized carbons (Fsp3) is 0.154. The van der Waals surface area contributed by atoms with Crippen LogP contribution < -0.4 is 10.6 Å². The van der Waals surface area contributed by atoms with Crippen LogP contribution >= 0.6 is 0 Å². The summed E-state index contributed by atoms with van der Waals surface area (Å²) in [4.78, 5) is 19.2. The fourth-order valence-corrected chi connectivity index (χ4v) is 1.48. The summed E-state index contributed by atoms with van der Waals surface area (Å²) in [5.41, 5.74) is 2.42. The molecule has 1 amide bonds. The van der Waals surface area contributed by atoms with Gasteiger partial charge < -0.3 is 10.1 Å². The molecule has 0 bridgehead atoms. The summed E-state index contributed by atoms with van der Waals surface area (Å²) in [6, 6.07) is 9.06. The minimum Gasteiger partial charge on any atom is -0.453 e. The zero-order chi connectivity index (χ0) is 13.7. The van der Waals surface area contributed by atoms with Gasteiger partial charge in [-0.2, -0.15) is 0 Å². The number of anilines is 3. The lowest BCUT2D eigenvalue weighted by Gasteiger charge is -2.07. The van der Waals surface area contributed by atoms with Crippen molar-refractivity contribution in [1.29, 1.82) is 0 Å². The number of rotatable bonds is 3. The number of aromatic nitrogens is 2. The number of methoxy groups -OCH3 is 1. The van der Waals surface area contributed by atoms with E-state index in [0.29, 0.717) is 5.69 Å². The van der Waals surface area contributed by atoms with E-state index in [9.17, 15) is 4.79 Å². The molecule has 2 N–H and O–H groups in total. The highest BCUT2D eigenvalue weighted by Crippen LogP contribution is 2.17. The van der Waals surface area contributed by atoms with Crippen LogP contribution in [0.5, 0.6) is 0 Å². The molecule has 0 spiro atoms. The molecule has 0 atom stereocenters. The van der Waals surface area contributed by atoms with Crippen molar-refractivity contribution < 1.29 is 9.53 Å². The summed E-state index contributed by atoms with van der Waals surface area (Å²) in [7, 11) is 1.32. The zero-order valence-corrected chi connectivity index (χ0v) is 10.7. The summed E-state index contributed by atoms with van der Waals surface area (Å²) in [5.74, 6) is 0.723. The summed E-state index contributed by atoms with van der Waals surface area (Å²) >= 11 is 0. The Morgan fingerprint density at radius 1 is 1.16 bits per heavy atom. The molecule has 0 saturated heterocycles. The molecule has 6 heteroatoms. The van der Waals surface area contributed by atoms with Crippen molar-refractivity contribution in [3.05, 3.63) is 42.4 Å². The van der Waals surface area contributed by atoms with Gasteiger partial charge in [0, 0.05) is 23.1 Å². The van der Waals surface area contributed by atoms with Crippen LogP contribution in [-0.4, -0.2) is 23.2 Å².